The van der Waals surface area contributed by atoms with Gasteiger partial charge in [-0.2, -0.15) is 0 Å². The smallest absolute Gasteiger partial charge is 0.315 e. The number of hydrogen-bond acceptors (Lipinski definition) is 3. The molecule has 2 aliphatic rings. The standard InChI is InChI=1S/C12H18O3/c1-3-15-10(13)11-5-4-6-12(11,14)8-9(2)7-11/h14H,2-8H2,1H3/t11-,12-/m0/s1. The zero-order valence-corrected chi connectivity index (χ0v) is 9.21. The number of esters is 1. The lowest BCUT2D eigenvalue weighted by Crippen LogP contribution is -2.45. The molecule has 0 saturated heterocycles. The van der Waals surface area contributed by atoms with Crippen LogP contribution in [0, 0.1) is 5.41 Å². The Labute approximate surface area is 90.1 Å². The van der Waals surface area contributed by atoms with Gasteiger partial charge in [-0.05, 0) is 39.0 Å². The first kappa shape index (κ1) is 10.7. The maximum absolute atomic E-state index is 12.0. The van der Waals surface area contributed by atoms with E-state index in [0.717, 1.165) is 18.4 Å². The molecule has 0 unspecified atom stereocenters. The Bertz CT molecular complexity index is 310. The highest BCUT2D eigenvalue weighted by Crippen LogP contribution is 2.59. The molecule has 3 heteroatoms. The van der Waals surface area contributed by atoms with Crippen LogP contribution >= 0.6 is 0 Å². The van der Waals surface area contributed by atoms with Gasteiger partial charge >= 0.3 is 5.97 Å². The Kier molecular flexibility index (Phi) is 2.38. The molecule has 0 aromatic rings. The molecule has 3 nitrogen and oxygen atoms in total. The summed E-state index contributed by atoms with van der Waals surface area (Å²) in [7, 11) is 0. The van der Waals surface area contributed by atoms with E-state index in [1.54, 1.807) is 6.92 Å². The Morgan fingerprint density at radius 3 is 2.93 bits per heavy atom. The zero-order chi connectivity index (χ0) is 11.1. The van der Waals surface area contributed by atoms with Crippen LogP contribution in [0.3, 0.4) is 0 Å². The minimum absolute atomic E-state index is 0.233. The van der Waals surface area contributed by atoms with Crippen LogP contribution in [-0.4, -0.2) is 23.3 Å². The van der Waals surface area contributed by atoms with Crippen molar-refractivity contribution in [2.45, 2.75) is 44.6 Å². The summed E-state index contributed by atoms with van der Waals surface area (Å²) < 4.78 is 5.10. The van der Waals surface area contributed by atoms with Gasteiger partial charge in [0.2, 0.25) is 0 Å². The molecular formula is C12H18O3. The van der Waals surface area contributed by atoms with E-state index in [0.29, 0.717) is 25.9 Å². The molecule has 0 amide bonds. The van der Waals surface area contributed by atoms with Crippen molar-refractivity contribution >= 4 is 5.97 Å². The van der Waals surface area contributed by atoms with Crippen molar-refractivity contribution in [3.05, 3.63) is 12.2 Å². The van der Waals surface area contributed by atoms with Gasteiger partial charge in [0.15, 0.2) is 0 Å². The molecule has 0 bridgehead atoms. The van der Waals surface area contributed by atoms with Gasteiger partial charge in [-0.3, -0.25) is 4.79 Å². The van der Waals surface area contributed by atoms with Gasteiger partial charge in [-0.1, -0.05) is 12.2 Å². The lowest BCUT2D eigenvalue weighted by Gasteiger charge is -2.33. The van der Waals surface area contributed by atoms with E-state index in [1.807, 2.05) is 0 Å². The fourth-order valence-corrected chi connectivity index (χ4v) is 3.20. The number of carbonyl (C=O) groups excluding carboxylic acids is 1. The summed E-state index contributed by atoms with van der Waals surface area (Å²) in [6.45, 7) is 6.08. The van der Waals surface area contributed by atoms with Gasteiger partial charge in [-0.25, -0.2) is 0 Å². The maximum atomic E-state index is 12.0. The second-order valence-corrected chi connectivity index (χ2v) is 4.79. The highest BCUT2D eigenvalue weighted by atomic mass is 16.5. The van der Waals surface area contributed by atoms with E-state index in [-0.39, 0.29) is 5.97 Å². The van der Waals surface area contributed by atoms with Crippen LogP contribution in [0.1, 0.15) is 39.0 Å². The summed E-state index contributed by atoms with van der Waals surface area (Å²) in [5.74, 6) is -0.233. The number of carbonyl (C=O) groups is 1. The molecule has 2 aliphatic carbocycles. The van der Waals surface area contributed by atoms with Gasteiger partial charge in [0, 0.05) is 0 Å². The topological polar surface area (TPSA) is 46.5 Å². The first-order valence-corrected chi connectivity index (χ1v) is 5.60. The molecule has 84 valence electrons. The molecule has 2 fully saturated rings. The van der Waals surface area contributed by atoms with E-state index >= 15 is 0 Å². The Balaban J connectivity index is 2.31. The van der Waals surface area contributed by atoms with Crippen molar-refractivity contribution in [3.8, 4) is 0 Å². The summed E-state index contributed by atoms with van der Waals surface area (Å²) in [5, 5.41) is 10.5. The van der Waals surface area contributed by atoms with Crippen LogP contribution in [0.25, 0.3) is 0 Å². The lowest BCUT2D eigenvalue weighted by molar-refractivity contribution is -0.167. The van der Waals surface area contributed by atoms with Crippen molar-refractivity contribution < 1.29 is 14.6 Å². The molecule has 0 aliphatic heterocycles. The predicted octanol–water partition coefficient (Wildman–Crippen LogP) is 1.80. The fraction of sp³-hybridized carbons (Fsp3) is 0.750. The van der Waals surface area contributed by atoms with Crippen molar-refractivity contribution in [2.75, 3.05) is 6.61 Å². The summed E-state index contributed by atoms with van der Waals surface area (Å²) >= 11 is 0. The summed E-state index contributed by atoms with van der Waals surface area (Å²) in [5.41, 5.74) is -0.582. The quantitative estimate of drug-likeness (QED) is 0.558. The Morgan fingerprint density at radius 2 is 2.27 bits per heavy atom. The minimum Gasteiger partial charge on any atom is -0.465 e. The highest BCUT2D eigenvalue weighted by Gasteiger charge is 2.63. The lowest BCUT2D eigenvalue weighted by atomic mass is 9.77. The van der Waals surface area contributed by atoms with Crippen LogP contribution < -0.4 is 0 Å². The third kappa shape index (κ3) is 1.33. The van der Waals surface area contributed by atoms with E-state index in [2.05, 4.69) is 6.58 Å². The largest absolute Gasteiger partial charge is 0.465 e. The fourth-order valence-electron chi connectivity index (χ4n) is 3.20. The number of fused-ring (bicyclic) bond motifs is 1. The summed E-state index contributed by atoms with van der Waals surface area (Å²) in [4.78, 5) is 12.0. The summed E-state index contributed by atoms with van der Waals surface area (Å²) in [6.07, 6.45) is 3.50. The Hall–Kier alpha value is -0.830. The highest BCUT2D eigenvalue weighted by molar-refractivity contribution is 5.80. The second-order valence-electron chi connectivity index (χ2n) is 4.79. The van der Waals surface area contributed by atoms with Gasteiger partial charge in [-0.15, -0.1) is 0 Å². The third-order valence-electron chi connectivity index (χ3n) is 3.85. The van der Waals surface area contributed by atoms with E-state index in [1.165, 1.54) is 0 Å². The molecule has 15 heavy (non-hydrogen) atoms. The molecule has 0 spiro atoms. The van der Waals surface area contributed by atoms with Crippen molar-refractivity contribution in [2.24, 2.45) is 5.41 Å². The van der Waals surface area contributed by atoms with Gasteiger partial charge in [0.1, 0.15) is 5.41 Å². The molecule has 2 saturated carbocycles. The first-order chi connectivity index (χ1) is 7.04. The molecule has 0 heterocycles. The molecular weight excluding hydrogens is 192 g/mol. The third-order valence-corrected chi connectivity index (χ3v) is 3.85. The van der Waals surface area contributed by atoms with Gasteiger partial charge in [0.05, 0.1) is 12.2 Å². The molecule has 2 rings (SSSR count). The van der Waals surface area contributed by atoms with Crippen LogP contribution in [0.4, 0.5) is 0 Å². The number of ether oxygens (including phenoxy) is 1. The maximum Gasteiger partial charge on any atom is 0.315 e. The van der Waals surface area contributed by atoms with Gasteiger partial charge in [0.25, 0.3) is 0 Å². The molecule has 2 atom stereocenters. The van der Waals surface area contributed by atoms with Crippen LogP contribution in [-0.2, 0) is 9.53 Å². The van der Waals surface area contributed by atoms with E-state index in [4.69, 9.17) is 4.74 Å². The number of aliphatic hydroxyl groups is 1. The van der Waals surface area contributed by atoms with Crippen LogP contribution in [0.5, 0.6) is 0 Å². The first-order valence-electron chi connectivity index (χ1n) is 5.60. The van der Waals surface area contributed by atoms with Crippen LogP contribution in [0.15, 0.2) is 12.2 Å². The van der Waals surface area contributed by atoms with Crippen LogP contribution in [0.2, 0.25) is 0 Å². The van der Waals surface area contributed by atoms with Crippen molar-refractivity contribution in [1.82, 2.24) is 0 Å². The zero-order valence-electron chi connectivity index (χ0n) is 9.21. The second kappa shape index (κ2) is 3.34. The van der Waals surface area contributed by atoms with E-state index in [9.17, 15) is 9.90 Å². The number of rotatable bonds is 2. The minimum atomic E-state index is -0.879. The predicted molar refractivity (Wildman–Crippen MR) is 56.2 cm³/mol. The van der Waals surface area contributed by atoms with Crippen molar-refractivity contribution in [1.29, 1.82) is 0 Å². The molecule has 0 aromatic carbocycles. The number of hydrogen-bond donors (Lipinski definition) is 1. The Morgan fingerprint density at radius 1 is 1.53 bits per heavy atom. The average molecular weight is 210 g/mol. The van der Waals surface area contributed by atoms with Crippen molar-refractivity contribution in [3.63, 3.8) is 0 Å². The monoisotopic (exact) mass is 210 g/mol. The average Bonchev–Trinajstić information content (AvgIpc) is 2.55. The molecule has 1 N–H and O–H groups in total. The molecule has 0 radical (unpaired) electrons. The normalized spacial score (nSPS) is 39.2. The van der Waals surface area contributed by atoms with E-state index < -0.39 is 11.0 Å². The SMILES string of the molecule is C=C1C[C@@]2(O)CCC[C@@]2(C(=O)OCC)C1. The van der Waals surface area contributed by atoms with Gasteiger partial charge < -0.3 is 9.84 Å². The molecule has 0 aromatic heterocycles. The summed E-state index contributed by atoms with van der Waals surface area (Å²) in [6, 6.07) is 0.